The summed E-state index contributed by atoms with van der Waals surface area (Å²) in [5.74, 6) is 0.611. The average Bonchev–Trinajstić information content (AvgIpc) is 2.59. The molecule has 7 nitrogen and oxygen atoms in total. The second kappa shape index (κ2) is 10.9. The van der Waals surface area contributed by atoms with Gasteiger partial charge in [0, 0.05) is 32.4 Å². The molecule has 0 atom stereocenters. The number of methoxy groups -OCH3 is 1. The second-order valence-electron chi connectivity index (χ2n) is 5.16. The zero-order valence-electron chi connectivity index (χ0n) is 15.4. The van der Waals surface area contributed by atoms with Gasteiger partial charge in [-0.2, -0.15) is 0 Å². The number of hydrogen-bond acceptors (Lipinski definition) is 6. The number of benzene rings is 1. The van der Waals surface area contributed by atoms with Crippen molar-refractivity contribution in [3.8, 4) is 5.75 Å². The highest BCUT2D eigenvalue weighted by atomic mass is 32.2. The summed E-state index contributed by atoms with van der Waals surface area (Å²) in [7, 11) is -4.75. The highest BCUT2D eigenvalue weighted by molar-refractivity contribution is 7.89. The minimum absolute atomic E-state index is 0.205. The number of rotatable bonds is 13. The van der Waals surface area contributed by atoms with Crippen molar-refractivity contribution in [1.29, 1.82) is 0 Å². The van der Waals surface area contributed by atoms with Gasteiger partial charge in [-0.05, 0) is 51.5 Å². The van der Waals surface area contributed by atoms with Crippen LogP contribution in [0.1, 0.15) is 27.2 Å². The maximum atomic E-state index is 12.3. The molecule has 0 saturated carbocycles. The Kier molecular flexibility index (Phi) is 9.61. The largest absolute Gasteiger partial charge is 0.500 e. The summed E-state index contributed by atoms with van der Waals surface area (Å²) in [6, 6.07) is 6.83. The fraction of sp³-hybridized carbons (Fsp3) is 0.625. The first kappa shape index (κ1) is 22.1. The van der Waals surface area contributed by atoms with Crippen molar-refractivity contribution < 1.29 is 26.4 Å². The molecule has 0 fully saturated rings. The third-order valence-electron chi connectivity index (χ3n) is 3.41. The van der Waals surface area contributed by atoms with Crippen molar-refractivity contribution in [2.45, 2.75) is 38.1 Å². The molecule has 9 heteroatoms. The van der Waals surface area contributed by atoms with Crippen LogP contribution in [-0.2, 0) is 23.3 Å². The lowest BCUT2D eigenvalue weighted by Crippen LogP contribution is -2.46. The Bertz CT molecular complexity index is 576. The molecule has 0 unspecified atom stereocenters. The summed E-state index contributed by atoms with van der Waals surface area (Å²) in [4.78, 5) is 0.205. The molecule has 144 valence electrons. The first-order valence-corrected chi connectivity index (χ1v) is 11.9. The van der Waals surface area contributed by atoms with Gasteiger partial charge in [0.1, 0.15) is 5.75 Å². The predicted molar refractivity (Wildman–Crippen MR) is 98.2 cm³/mol. The van der Waals surface area contributed by atoms with E-state index < -0.39 is 18.8 Å². The van der Waals surface area contributed by atoms with Crippen LogP contribution in [0.15, 0.2) is 29.2 Å². The Morgan fingerprint density at radius 3 is 1.92 bits per heavy atom. The van der Waals surface area contributed by atoms with Crippen LogP contribution in [-0.4, -0.2) is 50.7 Å². The number of nitrogens with one attached hydrogen (secondary N) is 1. The van der Waals surface area contributed by atoms with Gasteiger partial charge >= 0.3 is 8.80 Å². The van der Waals surface area contributed by atoms with E-state index in [2.05, 4.69) is 4.72 Å². The van der Waals surface area contributed by atoms with Crippen LogP contribution >= 0.6 is 0 Å². The molecular weight excluding hydrogens is 362 g/mol. The molecule has 0 amide bonds. The summed E-state index contributed by atoms with van der Waals surface area (Å²) in [6.07, 6.45) is 0.571. The van der Waals surface area contributed by atoms with E-state index in [-0.39, 0.29) is 11.4 Å². The molecular formula is C16H29NO6SSi. The minimum Gasteiger partial charge on any atom is -0.497 e. The maximum Gasteiger partial charge on any atom is 0.500 e. The quantitative estimate of drug-likeness (QED) is 0.411. The Labute approximate surface area is 152 Å². The molecule has 0 aliphatic rings. The average molecular weight is 392 g/mol. The van der Waals surface area contributed by atoms with Crippen LogP contribution in [0.5, 0.6) is 5.75 Å². The molecule has 0 saturated heterocycles. The van der Waals surface area contributed by atoms with E-state index in [1.807, 2.05) is 20.8 Å². The van der Waals surface area contributed by atoms with Gasteiger partial charge in [-0.3, -0.25) is 0 Å². The van der Waals surface area contributed by atoms with Crippen molar-refractivity contribution in [2.24, 2.45) is 0 Å². The van der Waals surface area contributed by atoms with Crippen LogP contribution in [0.4, 0.5) is 0 Å². The van der Waals surface area contributed by atoms with E-state index in [9.17, 15) is 8.42 Å². The molecule has 0 heterocycles. The summed E-state index contributed by atoms with van der Waals surface area (Å²) in [6.45, 7) is 7.48. The Hall–Kier alpha value is -0.973. The SMILES string of the molecule is CCO[Si](CCCNS(=O)(=O)c1ccc(OC)cc1)(OCC)OCC. The van der Waals surface area contributed by atoms with E-state index in [4.69, 9.17) is 18.0 Å². The lowest BCUT2D eigenvalue weighted by molar-refractivity contribution is 0.0709. The van der Waals surface area contributed by atoms with Crippen LogP contribution < -0.4 is 9.46 Å². The zero-order chi connectivity index (χ0) is 18.8. The monoisotopic (exact) mass is 391 g/mol. The van der Waals surface area contributed by atoms with Gasteiger partial charge in [0.2, 0.25) is 10.0 Å². The normalized spacial score (nSPS) is 12.3. The molecule has 1 rings (SSSR count). The summed E-state index contributed by atoms with van der Waals surface area (Å²) in [5, 5.41) is 0. The summed E-state index contributed by atoms with van der Waals surface area (Å²) >= 11 is 0. The number of sulfonamides is 1. The van der Waals surface area contributed by atoms with Gasteiger partial charge in [0.05, 0.1) is 12.0 Å². The second-order valence-corrected chi connectivity index (χ2v) is 9.66. The molecule has 1 aromatic carbocycles. The fourth-order valence-electron chi connectivity index (χ4n) is 2.35. The topological polar surface area (TPSA) is 83.1 Å². The van der Waals surface area contributed by atoms with Crippen molar-refractivity contribution in [3.63, 3.8) is 0 Å². The molecule has 0 bridgehead atoms. The maximum absolute atomic E-state index is 12.3. The van der Waals surface area contributed by atoms with Gasteiger partial charge < -0.3 is 18.0 Å². The van der Waals surface area contributed by atoms with E-state index in [0.717, 1.165) is 0 Å². The van der Waals surface area contributed by atoms with E-state index >= 15 is 0 Å². The Morgan fingerprint density at radius 2 is 1.48 bits per heavy atom. The first-order chi connectivity index (χ1) is 11.9. The van der Waals surface area contributed by atoms with E-state index in [0.29, 0.717) is 38.0 Å². The Balaban J connectivity index is 2.60. The molecule has 0 aliphatic heterocycles. The van der Waals surface area contributed by atoms with Gasteiger partial charge in [-0.15, -0.1) is 0 Å². The van der Waals surface area contributed by atoms with Crippen LogP contribution in [0, 0.1) is 0 Å². The highest BCUT2D eigenvalue weighted by Gasteiger charge is 2.39. The minimum atomic E-state index is -3.55. The molecule has 0 radical (unpaired) electrons. The summed E-state index contributed by atoms with van der Waals surface area (Å²) in [5.41, 5.74) is 0. The van der Waals surface area contributed by atoms with Crippen molar-refractivity contribution in [3.05, 3.63) is 24.3 Å². The lowest BCUT2D eigenvalue weighted by Gasteiger charge is -2.28. The predicted octanol–water partition coefficient (Wildman–Crippen LogP) is 2.41. The third kappa shape index (κ3) is 7.04. The number of ether oxygens (including phenoxy) is 1. The lowest BCUT2D eigenvalue weighted by atomic mass is 10.3. The fourth-order valence-corrected chi connectivity index (χ4v) is 6.04. The van der Waals surface area contributed by atoms with Gasteiger partial charge in [0.25, 0.3) is 0 Å². The standard InChI is InChI=1S/C16H29NO6SSi/c1-5-21-25(22-6-2,23-7-3)14-8-13-17-24(18,19)16-11-9-15(20-4)10-12-16/h9-12,17H,5-8,13-14H2,1-4H3. The van der Waals surface area contributed by atoms with E-state index in [1.165, 1.54) is 19.2 Å². The Morgan fingerprint density at radius 1 is 0.960 bits per heavy atom. The van der Waals surface area contributed by atoms with Crippen LogP contribution in [0.2, 0.25) is 6.04 Å². The molecule has 1 aromatic rings. The van der Waals surface area contributed by atoms with Crippen LogP contribution in [0.3, 0.4) is 0 Å². The van der Waals surface area contributed by atoms with Crippen molar-refractivity contribution in [2.75, 3.05) is 33.5 Å². The van der Waals surface area contributed by atoms with Gasteiger partial charge in [-0.25, -0.2) is 13.1 Å². The third-order valence-corrected chi connectivity index (χ3v) is 8.04. The van der Waals surface area contributed by atoms with Crippen LogP contribution in [0.25, 0.3) is 0 Å². The number of hydrogen-bond donors (Lipinski definition) is 1. The van der Waals surface area contributed by atoms with Crippen molar-refractivity contribution in [1.82, 2.24) is 4.72 Å². The van der Waals surface area contributed by atoms with E-state index in [1.54, 1.807) is 12.1 Å². The molecule has 25 heavy (non-hydrogen) atoms. The first-order valence-electron chi connectivity index (χ1n) is 8.48. The molecule has 1 N–H and O–H groups in total. The molecule has 0 aliphatic carbocycles. The highest BCUT2D eigenvalue weighted by Crippen LogP contribution is 2.19. The van der Waals surface area contributed by atoms with Gasteiger partial charge in [-0.1, -0.05) is 0 Å². The summed E-state index contributed by atoms with van der Waals surface area (Å²) < 4.78 is 49.5. The van der Waals surface area contributed by atoms with Gasteiger partial charge in [0.15, 0.2) is 0 Å². The zero-order valence-corrected chi connectivity index (χ0v) is 17.2. The smallest absolute Gasteiger partial charge is 0.497 e. The molecule has 0 aromatic heterocycles. The van der Waals surface area contributed by atoms with Crippen molar-refractivity contribution >= 4 is 18.8 Å². The molecule has 0 spiro atoms.